The quantitative estimate of drug-likeness (QED) is 0.254. The van der Waals surface area contributed by atoms with E-state index in [-0.39, 0.29) is 70.1 Å². The summed E-state index contributed by atoms with van der Waals surface area (Å²) in [5.74, 6) is 4.21. The number of aromatic hydroxyl groups is 2. The van der Waals surface area contributed by atoms with Gasteiger partial charge in [0.25, 0.3) is 0 Å². The van der Waals surface area contributed by atoms with Gasteiger partial charge in [-0.05, 0) is 12.1 Å². The second-order valence-corrected chi connectivity index (χ2v) is 1.74. The van der Waals surface area contributed by atoms with E-state index >= 15 is 0 Å². The molecule has 1 aromatic rings. The molecule has 0 radical (unpaired) electrons. The molecule has 0 saturated heterocycles. The first-order valence-corrected chi connectivity index (χ1v) is 2.63. The summed E-state index contributed by atoms with van der Waals surface area (Å²) >= 11 is 0. The maximum Gasteiger partial charge on any atom is 1.00 e. The van der Waals surface area contributed by atoms with Crippen LogP contribution in [0.3, 0.4) is 0 Å². The van der Waals surface area contributed by atoms with E-state index in [2.05, 4.69) is 4.84 Å². The Labute approximate surface area is 108 Å². The summed E-state index contributed by atoms with van der Waals surface area (Å²) in [4.78, 5) is 4.22. The molecule has 0 fully saturated rings. The van der Waals surface area contributed by atoms with E-state index in [0.29, 0.717) is 0 Å². The Morgan fingerprint density at radius 2 is 2.00 bits per heavy atom. The topological polar surface area (TPSA) is 75.7 Å². The van der Waals surface area contributed by atoms with Gasteiger partial charge in [0.15, 0.2) is 11.5 Å². The van der Waals surface area contributed by atoms with Crippen molar-refractivity contribution in [3.63, 3.8) is 0 Å². The van der Waals surface area contributed by atoms with Gasteiger partial charge in [0.05, 0.1) is 0 Å². The second-order valence-electron chi connectivity index (χ2n) is 1.74. The molecule has 11 heavy (non-hydrogen) atoms. The fourth-order valence-corrected chi connectivity index (χ4v) is 0.606. The van der Waals surface area contributed by atoms with E-state index in [1.54, 1.807) is 0 Å². The molecule has 0 aromatic heterocycles. The normalized spacial score (nSPS) is 8.45. The minimum atomic E-state index is -0.343. The molecule has 0 spiro atoms. The fraction of sp³-hybridized carbons (Fsp3) is 0. The van der Waals surface area contributed by atoms with Crippen LogP contribution in [0.5, 0.6) is 17.2 Å². The summed E-state index contributed by atoms with van der Waals surface area (Å²) in [7, 11) is 0. The smallest absolute Gasteiger partial charge is 1.00 e. The van der Waals surface area contributed by atoms with Crippen molar-refractivity contribution in [1.29, 1.82) is 0 Å². The van der Waals surface area contributed by atoms with Gasteiger partial charge >= 0.3 is 51.4 Å². The van der Waals surface area contributed by atoms with Crippen molar-refractivity contribution in [2.45, 2.75) is 0 Å². The van der Waals surface area contributed by atoms with E-state index in [9.17, 15) is 0 Å². The van der Waals surface area contributed by atoms with Crippen LogP contribution in [-0.4, -0.2) is 10.2 Å². The van der Waals surface area contributed by atoms with Crippen molar-refractivity contribution in [3.8, 4) is 17.2 Å². The van der Waals surface area contributed by atoms with Crippen LogP contribution in [0.15, 0.2) is 18.2 Å². The second kappa shape index (κ2) is 4.97. The van der Waals surface area contributed by atoms with Crippen LogP contribution in [0.1, 0.15) is 1.43 Å². The predicted molar refractivity (Wildman–Crippen MR) is 35.7 cm³/mol. The third kappa shape index (κ3) is 2.62. The van der Waals surface area contributed by atoms with Crippen LogP contribution in [0.25, 0.3) is 0 Å². The van der Waals surface area contributed by atoms with Crippen LogP contribution >= 0.6 is 0 Å². The third-order valence-electron chi connectivity index (χ3n) is 1.10. The van der Waals surface area contributed by atoms with E-state index in [0.717, 1.165) is 0 Å². The van der Waals surface area contributed by atoms with Crippen LogP contribution in [0.2, 0.25) is 0 Å². The molecule has 4 N–H and O–H groups in total. The third-order valence-corrected chi connectivity index (χ3v) is 1.10. The number of para-hydroxylation sites is 1. The summed E-state index contributed by atoms with van der Waals surface area (Å²) < 4.78 is 0. The molecular formula is C6H8KNO3. The van der Waals surface area contributed by atoms with Gasteiger partial charge in [0.1, 0.15) is 0 Å². The molecular weight excluding hydrogens is 173 g/mol. The van der Waals surface area contributed by atoms with Crippen LogP contribution in [0, 0.1) is 0 Å². The summed E-state index contributed by atoms with van der Waals surface area (Å²) in [6.07, 6.45) is 0. The molecule has 0 saturated carbocycles. The predicted octanol–water partition coefficient (Wildman–Crippen LogP) is -2.53. The van der Waals surface area contributed by atoms with Crippen molar-refractivity contribution in [3.05, 3.63) is 18.2 Å². The van der Waals surface area contributed by atoms with E-state index in [4.69, 9.17) is 16.1 Å². The van der Waals surface area contributed by atoms with Crippen molar-refractivity contribution in [2.75, 3.05) is 0 Å². The molecule has 0 bridgehead atoms. The van der Waals surface area contributed by atoms with E-state index < -0.39 is 0 Å². The molecule has 5 heteroatoms. The SMILES string of the molecule is NOc1cccc(O)c1O.[H-].[K+]. The molecule has 0 aliphatic heterocycles. The first kappa shape index (κ1) is 11.2. The Kier molecular flexibility index (Phi) is 5.07. The zero-order chi connectivity index (χ0) is 7.56. The van der Waals surface area contributed by atoms with Crippen molar-refractivity contribution < 1.29 is 67.9 Å². The number of nitrogens with two attached hydrogens (primary N) is 1. The summed E-state index contributed by atoms with van der Waals surface area (Å²) in [5.41, 5.74) is 0. The van der Waals surface area contributed by atoms with Crippen molar-refractivity contribution in [1.82, 2.24) is 0 Å². The number of hydrogen-bond acceptors (Lipinski definition) is 4. The van der Waals surface area contributed by atoms with Crippen molar-refractivity contribution in [2.24, 2.45) is 5.90 Å². The average molecular weight is 181 g/mol. The van der Waals surface area contributed by atoms with Gasteiger partial charge in [-0.1, -0.05) is 6.07 Å². The van der Waals surface area contributed by atoms with Gasteiger partial charge in [0, 0.05) is 0 Å². The number of phenols is 2. The van der Waals surface area contributed by atoms with Gasteiger partial charge in [-0.3, -0.25) is 0 Å². The number of phenolic OH excluding ortho intramolecular Hbond substituents is 2. The largest absolute Gasteiger partial charge is 1.00 e. The van der Waals surface area contributed by atoms with Crippen LogP contribution in [0.4, 0.5) is 0 Å². The van der Waals surface area contributed by atoms with Crippen LogP contribution < -0.4 is 62.1 Å². The van der Waals surface area contributed by atoms with Gasteiger partial charge in [-0.15, -0.1) is 0 Å². The molecule has 0 aliphatic rings. The molecule has 1 aromatic carbocycles. The Morgan fingerprint density at radius 1 is 1.36 bits per heavy atom. The maximum absolute atomic E-state index is 8.94. The Balaban J connectivity index is 0. The molecule has 0 aliphatic carbocycles. The minimum Gasteiger partial charge on any atom is -1.00 e. The zero-order valence-corrected chi connectivity index (χ0v) is 9.24. The molecule has 4 nitrogen and oxygen atoms in total. The first-order chi connectivity index (χ1) is 4.75. The zero-order valence-electron chi connectivity index (χ0n) is 7.11. The average Bonchev–Trinajstić information content (AvgIpc) is 1.95. The molecule has 0 unspecified atom stereocenters. The van der Waals surface area contributed by atoms with Gasteiger partial charge in [0.2, 0.25) is 5.75 Å². The monoisotopic (exact) mass is 181 g/mol. The van der Waals surface area contributed by atoms with E-state index in [1.165, 1.54) is 18.2 Å². The fourth-order valence-electron chi connectivity index (χ4n) is 0.606. The number of rotatable bonds is 1. The standard InChI is InChI=1S/C6H7NO3.K.H/c7-10-5-3-1-2-4(8)6(5)9;;/h1-3,8-9H,7H2;;/q;+1;-1. The molecule has 0 atom stereocenters. The minimum absolute atomic E-state index is 0. The molecule has 56 valence electrons. The van der Waals surface area contributed by atoms with E-state index in [1.807, 2.05) is 0 Å². The molecule has 1 rings (SSSR count). The van der Waals surface area contributed by atoms with Gasteiger partial charge < -0.3 is 16.5 Å². The Hall–Kier alpha value is 0.216. The molecule has 0 amide bonds. The van der Waals surface area contributed by atoms with Crippen LogP contribution in [-0.2, 0) is 0 Å². The Morgan fingerprint density at radius 3 is 2.45 bits per heavy atom. The first-order valence-electron chi connectivity index (χ1n) is 2.63. The summed E-state index contributed by atoms with van der Waals surface area (Å²) in [5, 5.41) is 17.8. The van der Waals surface area contributed by atoms with Gasteiger partial charge in [-0.25, -0.2) is 0 Å². The number of hydrogen-bond donors (Lipinski definition) is 3. The molecule has 0 heterocycles. The summed E-state index contributed by atoms with van der Waals surface area (Å²) in [6.45, 7) is 0. The van der Waals surface area contributed by atoms with Crippen molar-refractivity contribution >= 4 is 0 Å². The summed E-state index contributed by atoms with van der Waals surface area (Å²) in [6, 6.07) is 4.28. The maximum atomic E-state index is 8.94. The Bertz CT molecular complexity index is 246. The number of benzene rings is 1. The van der Waals surface area contributed by atoms with Gasteiger partial charge in [-0.2, -0.15) is 5.90 Å².